The number of anilines is 1. The van der Waals surface area contributed by atoms with Crippen molar-refractivity contribution in [1.82, 2.24) is 9.97 Å². The van der Waals surface area contributed by atoms with Crippen LogP contribution in [0, 0.1) is 0 Å². The Morgan fingerprint density at radius 2 is 1.59 bits per heavy atom. The first-order chi connectivity index (χ1) is 10.7. The molecular formula is C16H13N3O2S. The second-order valence-corrected chi connectivity index (χ2v) is 6.26. The molecule has 0 saturated carbocycles. The van der Waals surface area contributed by atoms with Crippen molar-refractivity contribution in [2.75, 3.05) is 4.72 Å². The van der Waals surface area contributed by atoms with Crippen LogP contribution in [-0.4, -0.2) is 18.4 Å². The van der Waals surface area contributed by atoms with Crippen molar-refractivity contribution >= 4 is 15.7 Å². The number of hydrogen-bond donors (Lipinski definition) is 1. The van der Waals surface area contributed by atoms with Crippen molar-refractivity contribution in [3.05, 3.63) is 73.3 Å². The predicted molar refractivity (Wildman–Crippen MR) is 84.7 cm³/mol. The fraction of sp³-hybridized carbons (Fsp3) is 0. The van der Waals surface area contributed by atoms with E-state index in [1.165, 1.54) is 0 Å². The van der Waals surface area contributed by atoms with Gasteiger partial charge in [-0.1, -0.05) is 24.3 Å². The fourth-order valence-electron chi connectivity index (χ4n) is 2.04. The molecule has 110 valence electrons. The molecule has 0 aliphatic carbocycles. The van der Waals surface area contributed by atoms with Gasteiger partial charge >= 0.3 is 0 Å². The van der Waals surface area contributed by atoms with Crippen LogP contribution in [0.4, 0.5) is 5.69 Å². The Morgan fingerprint density at radius 3 is 2.32 bits per heavy atom. The first-order valence-corrected chi connectivity index (χ1v) is 8.07. The SMILES string of the molecule is O=S(=O)(Nc1ccncc1-c1cccnc1)c1ccccc1. The highest BCUT2D eigenvalue weighted by atomic mass is 32.2. The van der Waals surface area contributed by atoms with Gasteiger partial charge in [0.2, 0.25) is 0 Å². The van der Waals surface area contributed by atoms with E-state index < -0.39 is 10.0 Å². The molecular weight excluding hydrogens is 298 g/mol. The maximum atomic E-state index is 12.4. The van der Waals surface area contributed by atoms with Gasteiger partial charge in [0.1, 0.15) is 0 Å². The Balaban J connectivity index is 2.01. The van der Waals surface area contributed by atoms with Crippen LogP contribution >= 0.6 is 0 Å². The summed E-state index contributed by atoms with van der Waals surface area (Å²) in [6.07, 6.45) is 6.48. The third-order valence-corrected chi connectivity index (χ3v) is 4.47. The van der Waals surface area contributed by atoms with E-state index >= 15 is 0 Å². The summed E-state index contributed by atoms with van der Waals surface area (Å²) < 4.78 is 27.5. The summed E-state index contributed by atoms with van der Waals surface area (Å²) in [5, 5.41) is 0. The van der Waals surface area contributed by atoms with E-state index in [0.29, 0.717) is 11.3 Å². The van der Waals surface area contributed by atoms with Crippen molar-refractivity contribution in [3.63, 3.8) is 0 Å². The summed E-state index contributed by atoms with van der Waals surface area (Å²) >= 11 is 0. The van der Waals surface area contributed by atoms with Gasteiger partial charge in [-0.05, 0) is 24.3 Å². The number of nitrogens with one attached hydrogen (secondary N) is 1. The predicted octanol–water partition coefficient (Wildman–Crippen LogP) is 2.94. The molecule has 2 heterocycles. The van der Waals surface area contributed by atoms with Crippen molar-refractivity contribution in [2.24, 2.45) is 0 Å². The highest BCUT2D eigenvalue weighted by molar-refractivity contribution is 7.92. The Bertz CT molecular complexity index is 866. The van der Waals surface area contributed by atoms with Crippen molar-refractivity contribution in [1.29, 1.82) is 0 Å². The maximum absolute atomic E-state index is 12.4. The van der Waals surface area contributed by atoms with Gasteiger partial charge in [-0.3, -0.25) is 14.7 Å². The molecule has 0 bridgehead atoms. The van der Waals surface area contributed by atoms with E-state index in [2.05, 4.69) is 14.7 Å². The van der Waals surface area contributed by atoms with Crippen LogP contribution in [0.2, 0.25) is 0 Å². The Labute approximate surface area is 128 Å². The zero-order valence-corrected chi connectivity index (χ0v) is 12.4. The highest BCUT2D eigenvalue weighted by Crippen LogP contribution is 2.28. The number of hydrogen-bond acceptors (Lipinski definition) is 4. The Hall–Kier alpha value is -2.73. The standard InChI is InChI=1S/C16H13N3O2S/c20-22(21,14-6-2-1-3-7-14)19-16-8-10-18-12-15(16)13-5-4-9-17-11-13/h1-12H,(H,18,19). The van der Waals surface area contributed by atoms with Crippen LogP contribution in [0.1, 0.15) is 0 Å². The summed E-state index contributed by atoms with van der Waals surface area (Å²) in [5.41, 5.74) is 1.93. The molecule has 1 aromatic carbocycles. The van der Waals surface area contributed by atoms with Crippen molar-refractivity contribution < 1.29 is 8.42 Å². The van der Waals surface area contributed by atoms with Gasteiger partial charge in [0.25, 0.3) is 10.0 Å². The summed E-state index contributed by atoms with van der Waals surface area (Å²) in [6, 6.07) is 13.5. The second-order valence-electron chi connectivity index (χ2n) is 4.58. The number of sulfonamides is 1. The molecule has 0 fully saturated rings. The molecule has 3 aromatic rings. The van der Waals surface area contributed by atoms with Gasteiger partial charge in [0.15, 0.2) is 0 Å². The average Bonchev–Trinajstić information content (AvgIpc) is 2.57. The van der Waals surface area contributed by atoms with Crippen molar-refractivity contribution in [3.8, 4) is 11.1 Å². The largest absolute Gasteiger partial charge is 0.279 e. The van der Waals surface area contributed by atoms with E-state index in [1.807, 2.05) is 6.07 Å². The van der Waals surface area contributed by atoms with E-state index in [9.17, 15) is 8.42 Å². The highest BCUT2D eigenvalue weighted by Gasteiger charge is 2.16. The van der Waals surface area contributed by atoms with Gasteiger partial charge in [0, 0.05) is 35.9 Å². The molecule has 3 rings (SSSR count). The summed E-state index contributed by atoms with van der Waals surface area (Å²) in [4.78, 5) is 8.33. The summed E-state index contributed by atoms with van der Waals surface area (Å²) in [6.45, 7) is 0. The van der Waals surface area contributed by atoms with Gasteiger partial charge in [0.05, 0.1) is 10.6 Å². The lowest BCUT2D eigenvalue weighted by Crippen LogP contribution is -2.13. The quantitative estimate of drug-likeness (QED) is 0.804. The first kappa shape index (κ1) is 14.2. The minimum atomic E-state index is -3.64. The van der Waals surface area contributed by atoms with Crippen molar-refractivity contribution in [2.45, 2.75) is 4.90 Å². The molecule has 2 aromatic heterocycles. The number of nitrogens with zero attached hydrogens (tertiary/aromatic N) is 2. The third kappa shape index (κ3) is 2.96. The molecule has 5 nitrogen and oxygen atoms in total. The van der Waals surface area contributed by atoms with Crippen LogP contribution in [0.25, 0.3) is 11.1 Å². The molecule has 0 aliphatic rings. The minimum absolute atomic E-state index is 0.212. The van der Waals surface area contributed by atoms with Crippen LogP contribution in [0.5, 0.6) is 0 Å². The monoisotopic (exact) mass is 311 g/mol. The molecule has 0 saturated heterocycles. The number of pyridine rings is 2. The molecule has 6 heteroatoms. The molecule has 22 heavy (non-hydrogen) atoms. The maximum Gasteiger partial charge on any atom is 0.261 e. The van der Waals surface area contributed by atoms with Crippen LogP contribution < -0.4 is 4.72 Å². The smallest absolute Gasteiger partial charge is 0.261 e. The summed E-state index contributed by atoms with van der Waals surface area (Å²) in [7, 11) is -3.64. The van der Waals surface area contributed by atoms with Crippen LogP contribution in [0.15, 0.2) is 78.2 Å². The Kier molecular flexibility index (Phi) is 3.84. The minimum Gasteiger partial charge on any atom is -0.279 e. The van der Waals surface area contributed by atoms with Gasteiger partial charge in [-0.2, -0.15) is 0 Å². The number of aromatic nitrogens is 2. The normalized spacial score (nSPS) is 11.1. The van der Waals surface area contributed by atoms with E-state index in [0.717, 1.165) is 5.56 Å². The molecule has 1 N–H and O–H groups in total. The van der Waals surface area contributed by atoms with E-state index in [1.54, 1.807) is 67.3 Å². The third-order valence-electron chi connectivity index (χ3n) is 3.09. The zero-order chi connectivity index (χ0) is 15.4. The lowest BCUT2D eigenvalue weighted by molar-refractivity contribution is 0.601. The zero-order valence-electron chi connectivity index (χ0n) is 11.5. The molecule has 0 unspecified atom stereocenters. The van der Waals surface area contributed by atoms with Gasteiger partial charge < -0.3 is 0 Å². The van der Waals surface area contributed by atoms with Gasteiger partial charge in [-0.15, -0.1) is 0 Å². The lowest BCUT2D eigenvalue weighted by atomic mass is 10.1. The molecule has 0 spiro atoms. The molecule has 0 atom stereocenters. The number of benzene rings is 1. The first-order valence-electron chi connectivity index (χ1n) is 6.59. The van der Waals surface area contributed by atoms with E-state index in [-0.39, 0.29) is 4.90 Å². The molecule has 0 amide bonds. The molecule has 0 aliphatic heterocycles. The lowest BCUT2D eigenvalue weighted by Gasteiger charge is -2.12. The Morgan fingerprint density at radius 1 is 0.818 bits per heavy atom. The van der Waals surface area contributed by atoms with E-state index in [4.69, 9.17) is 0 Å². The summed E-state index contributed by atoms with van der Waals surface area (Å²) in [5.74, 6) is 0. The van der Waals surface area contributed by atoms with Crippen LogP contribution in [0.3, 0.4) is 0 Å². The second kappa shape index (κ2) is 5.95. The topological polar surface area (TPSA) is 72.0 Å². The van der Waals surface area contributed by atoms with Gasteiger partial charge in [-0.25, -0.2) is 8.42 Å². The van der Waals surface area contributed by atoms with Crippen LogP contribution in [-0.2, 0) is 10.0 Å². The fourth-order valence-corrected chi connectivity index (χ4v) is 3.14. The number of rotatable bonds is 4. The molecule has 0 radical (unpaired) electrons. The average molecular weight is 311 g/mol.